The van der Waals surface area contributed by atoms with Gasteiger partial charge in [0.2, 0.25) is 0 Å². The Kier molecular flexibility index (Phi) is 8.22. The molecule has 1 N–H and O–H groups in total. The van der Waals surface area contributed by atoms with Crippen LogP contribution in [-0.2, 0) is 9.53 Å². The predicted molar refractivity (Wildman–Crippen MR) is 82.7 cm³/mol. The van der Waals surface area contributed by atoms with Crippen LogP contribution in [0.3, 0.4) is 0 Å². The van der Waals surface area contributed by atoms with Crippen molar-refractivity contribution in [2.45, 2.75) is 13.0 Å². The number of ether oxygens (including phenoxy) is 3. The summed E-state index contributed by atoms with van der Waals surface area (Å²) in [4.78, 5) is 11.9. The standard InChI is InChI=1S/C16H18F2N2O4/c1-22-7-3-6-20-15(21)12(10-19)8-11-4-5-13(24-16(17)18)14(9-11)23-2/h4-5,8-9,16H,3,6-7H2,1-2H3,(H,20,21)/b12-8+. The van der Waals surface area contributed by atoms with Crippen LogP contribution in [0.4, 0.5) is 8.78 Å². The Morgan fingerprint density at radius 3 is 2.71 bits per heavy atom. The number of methoxy groups -OCH3 is 2. The minimum Gasteiger partial charge on any atom is -0.493 e. The molecule has 0 unspecified atom stereocenters. The van der Waals surface area contributed by atoms with Crippen molar-refractivity contribution < 1.29 is 27.8 Å². The average Bonchev–Trinajstić information content (AvgIpc) is 2.57. The van der Waals surface area contributed by atoms with Gasteiger partial charge >= 0.3 is 6.61 Å². The number of hydrogen-bond acceptors (Lipinski definition) is 5. The molecule has 0 aliphatic heterocycles. The first-order valence-corrected chi connectivity index (χ1v) is 7.03. The largest absolute Gasteiger partial charge is 0.493 e. The van der Waals surface area contributed by atoms with Gasteiger partial charge in [-0.05, 0) is 30.2 Å². The zero-order valence-corrected chi connectivity index (χ0v) is 13.3. The molecule has 0 atom stereocenters. The van der Waals surface area contributed by atoms with Crippen molar-refractivity contribution in [1.29, 1.82) is 5.26 Å². The minimum absolute atomic E-state index is 0.0712. The summed E-state index contributed by atoms with van der Waals surface area (Å²) in [5.74, 6) is -0.588. The summed E-state index contributed by atoms with van der Waals surface area (Å²) in [5, 5.41) is 11.7. The Morgan fingerprint density at radius 2 is 2.12 bits per heavy atom. The van der Waals surface area contributed by atoms with Crippen molar-refractivity contribution in [2.24, 2.45) is 0 Å². The third-order valence-electron chi connectivity index (χ3n) is 2.89. The molecule has 0 saturated carbocycles. The molecule has 1 amide bonds. The Balaban J connectivity index is 2.88. The summed E-state index contributed by atoms with van der Waals surface area (Å²) in [6.45, 7) is -2.11. The smallest absolute Gasteiger partial charge is 0.387 e. The molecule has 0 spiro atoms. The van der Waals surface area contributed by atoms with E-state index in [4.69, 9.17) is 14.7 Å². The number of carbonyl (C=O) groups excluding carboxylic acids is 1. The van der Waals surface area contributed by atoms with E-state index in [9.17, 15) is 13.6 Å². The molecule has 0 aliphatic carbocycles. The molecule has 1 rings (SSSR count). The second kappa shape index (κ2) is 10.2. The van der Waals surface area contributed by atoms with Gasteiger partial charge in [0.25, 0.3) is 5.91 Å². The van der Waals surface area contributed by atoms with Crippen molar-refractivity contribution in [3.05, 3.63) is 29.3 Å². The number of carbonyl (C=O) groups is 1. The average molecular weight is 340 g/mol. The van der Waals surface area contributed by atoms with Crippen molar-refractivity contribution in [1.82, 2.24) is 5.32 Å². The molecule has 0 aromatic heterocycles. The quantitative estimate of drug-likeness (QED) is 0.424. The van der Waals surface area contributed by atoms with E-state index in [2.05, 4.69) is 10.1 Å². The fourth-order valence-electron chi connectivity index (χ4n) is 1.80. The molecule has 1 aromatic rings. The zero-order chi connectivity index (χ0) is 17.9. The van der Waals surface area contributed by atoms with Crippen molar-refractivity contribution in [3.8, 4) is 17.6 Å². The Labute approximate surface area is 138 Å². The van der Waals surface area contributed by atoms with Crippen LogP contribution in [0.2, 0.25) is 0 Å². The molecule has 0 saturated heterocycles. The number of hydrogen-bond donors (Lipinski definition) is 1. The first kappa shape index (κ1) is 19.4. The van der Waals surface area contributed by atoms with E-state index >= 15 is 0 Å². The molecule has 0 aliphatic rings. The van der Waals surface area contributed by atoms with Crippen LogP contribution >= 0.6 is 0 Å². The first-order chi connectivity index (χ1) is 11.5. The topological polar surface area (TPSA) is 80.6 Å². The third-order valence-corrected chi connectivity index (χ3v) is 2.89. The SMILES string of the molecule is COCCCNC(=O)/C(C#N)=C/c1ccc(OC(F)F)c(OC)c1. The van der Waals surface area contributed by atoms with Gasteiger partial charge in [0.05, 0.1) is 7.11 Å². The molecule has 0 bridgehead atoms. The number of amides is 1. The van der Waals surface area contributed by atoms with Crippen molar-refractivity contribution in [2.75, 3.05) is 27.4 Å². The molecule has 24 heavy (non-hydrogen) atoms. The summed E-state index contributed by atoms with van der Waals surface area (Å²) in [5.41, 5.74) is 0.328. The molecule has 0 fully saturated rings. The summed E-state index contributed by atoms with van der Waals surface area (Å²) < 4.78 is 38.7. The van der Waals surface area contributed by atoms with Gasteiger partial charge in [0.1, 0.15) is 11.6 Å². The molecule has 6 nitrogen and oxygen atoms in total. The number of rotatable bonds is 9. The molecular weight excluding hydrogens is 322 g/mol. The van der Waals surface area contributed by atoms with E-state index in [1.54, 1.807) is 13.2 Å². The van der Waals surface area contributed by atoms with Crippen LogP contribution in [0, 0.1) is 11.3 Å². The lowest BCUT2D eigenvalue weighted by Gasteiger charge is -2.10. The van der Waals surface area contributed by atoms with Gasteiger partial charge in [-0.3, -0.25) is 4.79 Å². The molecular formula is C16H18F2N2O4. The summed E-state index contributed by atoms with van der Waals surface area (Å²) >= 11 is 0. The monoisotopic (exact) mass is 340 g/mol. The molecule has 0 radical (unpaired) electrons. The fourth-order valence-corrected chi connectivity index (χ4v) is 1.80. The second-order valence-corrected chi connectivity index (χ2v) is 4.56. The van der Waals surface area contributed by atoms with E-state index < -0.39 is 12.5 Å². The van der Waals surface area contributed by atoms with Gasteiger partial charge in [0, 0.05) is 20.3 Å². The number of nitrogens with zero attached hydrogens (tertiary/aromatic N) is 1. The van der Waals surface area contributed by atoms with E-state index in [0.717, 1.165) is 0 Å². The van der Waals surface area contributed by atoms with Crippen LogP contribution in [0.25, 0.3) is 6.08 Å². The first-order valence-electron chi connectivity index (χ1n) is 7.03. The summed E-state index contributed by atoms with van der Waals surface area (Å²) in [6.07, 6.45) is 1.95. The van der Waals surface area contributed by atoms with Crippen LogP contribution < -0.4 is 14.8 Å². The van der Waals surface area contributed by atoms with E-state index in [1.165, 1.54) is 31.4 Å². The molecule has 8 heteroatoms. The maximum atomic E-state index is 12.3. The Morgan fingerprint density at radius 1 is 1.38 bits per heavy atom. The lowest BCUT2D eigenvalue weighted by Crippen LogP contribution is -2.26. The number of alkyl halides is 2. The van der Waals surface area contributed by atoms with E-state index in [1.807, 2.05) is 0 Å². The third kappa shape index (κ3) is 6.22. The minimum atomic E-state index is -2.98. The van der Waals surface area contributed by atoms with Gasteiger partial charge in [-0.15, -0.1) is 0 Å². The molecule has 130 valence electrons. The number of halogens is 2. The highest BCUT2D eigenvalue weighted by Crippen LogP contribution is 2.30. The highest BCUT2D eigenvalue weighted by molar-refractivity contribution is 6.01. The summed E-state index contributed by atoms with van der Waals surface area (Å²) in [6, 6.07) is 5.92. The van der Waals surface area contributed by atoms with Gasteiger partial charge in [0.15, 0.2) is 11.5 Å². The molecule has 1 aromatic carbocycles. The van der Waals surface area contributed by atoms with E-state index in [-0.39, 0.29) is 17.1 Å². The normalized spacial score (nSPS) is 11.1. The van der Waals surface area contributed by atoms with Gasteiger partial charge in [-0.25, -0.2) is 0 Å². The zero-order valence-electron chi connectivity index (χ0n) is 13.3. The van der Waals surface area contributed by atoms with Crippen LogP contribution in [-0.4, -0.2) is 39.9 Å². The van der Waals surface area contributed by atoms with Gasteiger partial charge in [-0.1, -0.05) is 6.07 Å². The Hall–Kier alpha value is -2.66. The maximum absolute atomic E-state index is 12.3. The molecule has 0 heterocycles. The maximum Gasteiger partial charge on any atom is 0.387 e. The second-order valence-electron chi connectivity index (χ2n) is 4.56. The highest BCUT2D eigenvalue weighted by Gasteiger charge is 2.12. The van der Waals surface area contributed by atoms with Gasteiger partial charge in [-0.2, -0.15) is 14.0 Å². The number of benzene rings is 1. The van der Waals surface area contributed by atoms with Crippen LogP contribution in [0.1, 0.15) is 12.0 Å². The fraction of sp³-hybridized carbons (Fsp3) is 0.375. The van der Waals surface area contributed by atoms with E-state index in [0.29, 0.717) is 25.1 Å². The number of nitrogens with one attached hydrogen (secondary N) is 1. The van der Waals surface area contributed by atoms with Crippen LogP contribution in [0.15, 0.2) is 23.8 Å². The number of nitriles is 1. The van der Waals surface area contributed by atoms with Crippen molar-refractivity contribution in [3.63, 3.8) is 0 Å². The highest BCUT2D eigenvalue weighted by atomic mass is 19.3. The lowest BCUT2D eigenvalue weighted by atomic mass is 10.1. The lowest BCUT2D eigenvalue weighted by molar-refractivity contribution is -0.117. The Bertz CT molecular complexity index is 627. The van der Waals surface area contributed by atoms with Crippen LogP contribution in [0.5, 0.6) is 11.5 Å². The summed E-state index contributed by atoms with van der Waals surface area (Å²) in [7, 11) is 2.85. The predicted octanol–water partition coefficient (Wildman–Crippen LogP) is 2.36. The van der Waals surface area contributed by atoms with Gasteiger partial charge < -0.3 is 19.5 Å². The van der Waals surface area contributed by atoms with Crippen molar-refractivity contribution >= 4 is 12.0 Å².